The molecule has 2 atom stereocenters. The summed E-state index contributed by atoms with van der Waals surface area (Å²) in [5, 5.41) is 7.15. The van der Waals surface area contributed by atoms with Crippen LogP contribution in [-0.2, 0) is 5.41 Å². The number of allylic oxidation sites excluding steroid dienone is 4. The molecule has 2 aliphatic rings. The average molecular weight is 706 g/mol. The van der Waals surface area contributed by atoms with E-state index in [-0.39, 0.29) is 11.3 Å². The summed E-state index contributed by atoms with van der Waals surface area (Å²) in [5.74, 6) is 0.655. The molecular weight excluding hydrogens is 667 g/mol. The summed E-state index contributed by atoms with van der Waals surface area (Å²) in [6.07, 6.45) is 9.29. The molecule has 55 heavy (non-hydrogen) atoms. The van der Waals surface area contributed by atoms with Gasteiger partial charge < -0.3 is 9.32 Å². The molecule has 2 unspecified atom stereocenters. The summed E-state index contributed by atoms with van der Waals surface area (Å²) in [4.78, 5) is 2.52. The molecule has 0 spiro atoms. The maximum atomic E-state index is 6.85. The first kappa shape index (κ1) is 31.8. The largest absolute Gasteiger partial charge is 0.455 e. The molecule has 2 nitrogen and oxygen atoms in total. The Kier molecular flexibility index (Phi) is 7.06. The van der Waals surface area contributed by atoms with E-state index < -0.39 is 0 Å². The third kappa shape index (κ3) is 4.88. The molecule has 0 N–H and O–H groups in total. The first-order chi connectivity index (χ1) is 27.0. The van der Waals surface area contributed by atoms with Gasteiger partial charge in [0, 0.05) is 33.5 Å². The van der Waals surface area contributed by atoms with Crippen molar-refractivity contribution in [3.8, 4) is 22.3 Å². The topological polar surface area (TPSA) is 16.4 Å². The van der Waals surface area contributed by atoms with Crippen molar-refractivity contribution in [2.24, 2.45) is 5.92 Å². The van der Waals surface area contributed by atoms with Crippen LogP contribution >= 0.6 is 0 Å². The zero-order valence-electron chi connectivity index (χ0n) is 30.9. The SMILES string of the molecule is CC1(C)c2cccc(N(c3cccc(-c4cccc5ccccc45)c3)c3ccccc3-c3cccc4c3oc3cc5ccccc5cc34)c2C2C=CC=CC21. The van der Waals surface area contributed by atoms with Gasteiger partial charge in [-0.2, -0.15) is 0 Å². The number of benzene rings is 8. The second-order valence-electron chi connectivity index (χ2n) is 15.7. The second kappa shape index (κ2) is 12.2. The van der Waals surface area contributed by atoms with E-state index in [0.29, 0.717) is 5.92 Å². The van der Waals surface area contributed by atoms with E-state index in [9.17, 15) is 0 Å². The quantitative estimate of drug-likeness (QED) is 0.177. The van der Waals surface area contributed by atoms with Crippen molar-refractivity contribution in [1.82, 2.24) is 0 Å². The van der Waals surface area contributed by atoms with E-state index in [1.807, 2.05) is 0 Å². The predicted octanol–water partition coefficient (Wildman–Crippen LogP) is 14.8. The van der Waals surface area contributed by atoms with Crippen molar-refractivity contribution >= 4 is 60.5 Å². The molecule has 0 aliphatic heterocycles. The van der Waals surface area contributed by atoms with E-state index in [1.165, 1.54) is 49.5 Å². The molecular formula is C53H39NO. The molecule has 0 saturated carbocycles. The van der Waals surface area contributed by atoms with Gasteiger partial charge in [-0.05, 0) is 91.5 Å². The number of nitrogens with zero attached hydrogens (tertiary/aromatic N) is 1. The van der Waals surface area contributed by atoms with E-state index >= 15 is 0 Å². The number of furan rings is 1. The van der Waals surface area contributed by atoms with Crippen LogP contribution in [0.5, 0.6) is 0 Å². The summed E-state index contributed by atoms with van der Waals surface area (Å²) >= 11 is 0. The highest BCUT2D eigenvalue weighted by Crippen LogP contribution is 2.57. The van der Waals surface area contributed by atoms with Gasteiger partial charge >= 0.3 is 0 Å². The minimum atomic E-state index is -0.0172. The van der Waals surface area contributed by atoms with E-state index in [0.717, 1.165) is 44.4 Å². The summed E-state index contributed by atoms with van der Waals surface area (Å²) in [6.45, 7) is 4.82. The Labute approximate surface area is 321 Å². The lowest BCUT2D eigenvalue weighted by atomic mass is 9.74. The number of rotatable bonds is 5. The number of para-hydroxylation sites is 2. The van der Waals surface area contributed by atoms with Crippen molar-refractivity contribution in [2.45, 2.75) is 25.2 Å². The summed E-state index contributed by atoms with van der Waals surface area (Å²) in [7, 11) is 0. The Morgan fingerprint density at radius 3 is 2.07 bits per heavy atom. The summed E-state index contributed by atoms with van der Waals surface area (Å²) in [5.41, 5.74) is 12.7. The molecule has 1 aromatic heterocycles. The van der Waals surface area contributed by atoms with Crippen LogP contribution < -0.4 is 4.90 Å². The summed E-state index contributed by atoms with van der Waals surface area (Å²) in [6, 6.07) is 59.8. The van der Waals surface area contributed by atoms with Crippen LogP contribution in [0.1, 0.15) is 30.9 Å². The fraction of sp³-hybridized carbons (Fsp3) is 0.0943. The highest BCUT2D eigenvalue weighted by Gasteiger charge is 2.46. The Bertz CT molecular complexity index is 3040. The predicted molar refractivity (Wildman–Crippen MR) is 232 cm³/mol. The lowest BCUT2D eigenvalue weighted by Crippen LogP contribution is -2.24. The third-order valence-electron chi connectivity index (χ3n) is 12.3. The molecule has 0 fully saturated rings. The van der Waals surface area contributed by atoms with Gasteiger partial charge in [-0.1, -0.05) is 166 Å². The molecule has 0 saturated heterocycles. The lowest BCUT2D eigenvalue weighted by Gasteiger charge is -2.31. The normalized spacial score (nSPS) is 16.9. The van der Waals surface area contributed by atoms with Crippen LogP contribution in [0.25, 0.3) is 65.7 Å². The van der Waals surface area contributed by atoms with Crippen molar-refractivity contribution in [3.05, 3.63) is 199 Å². The standard InChI is InChI=1S/C53H39NO/c1-53(2)46-27-9-7-23-44(46)51-47(53)28-14-30-49(51)54(38-20-11-19-37(31-38)40-24-12-18-34-15-5-6-21-39(34)40)48-29-10-8-22-41(48)42-25-13-26-43-45-32-35-16-3-4-17-36(35)33-50(45)55-52(42)43/h3-33,44,46H,1-2H3. The van der Waals surface area contributed by atoms with Gasteiger partial charge in [0.1, 0.15) is 11.2 Å². The lowest BCUT2D eigenvalue weighted by molar-refractivity contribution is 0.394. The number of hydrogen-bond donors (Lipinski definition) is 0. The minimum absolute atomic E-state index is 0.0172. The van der Waals surface area contributed by atoms with Crippen LogP contribution in [0, 0.1) is 5.92 Å². The highest BCUT2D eigenvalue weighted by atomic mass is 16.3. The van der Waals surface area contributed by atoms with Gasteiger partial charge in [-0.3, -0.25) is 0 Å². The molecule has 2 heteroatoms. The first-order valence-electron chi connectivity index (χ1n) is 19.3. The van der Waals surface area contributed by atoms with Gasteiger partial charge in [0.05, 0.1) is 11.4 Å². The van der Waals surface area contributed by atoms with Crippen molar-refractivity contribution in [3.63, 3.8) is 0 Å². The van der Waals surface area contributed by atoms with Crippen LogP contribution in [-0.4, -0.2) is 0 Å². The van der Waals surface area contributed by atoms with Crippen LogP contribution in [0.2, 0.25) is 0 Å². The number of fused-ring (bicyclic) bond motifs is 8. The average Bonchev–Trinajstić information content (AvgIpc) is 3.71. The maximum Gasteiger partial charge on any atom is 0.143 e. The maximum absolute atomic E-state index is 6.85. The minimum Gasteiger partial charge on any atom is -0.455 e. The second-order valence-corrected chi connectivity index (χ2v) is 15.7. The number of anilines is 3. The molecule has 0 amide bonds. The fourth-order valence-corrected chi connectivity index (χ4v) is 9.70. The molecule has 0 bridgehead atoms. The molecule has 11 rings (SSSR count). The van der Waals surface area contributed by atoms with Gasteiger partial charge in [-0.15, -0.1) is 0 Å². The van der Waals surface area contributed by atoms with Crippen LogP contribution in [0.15, 0.2) is 193 Å². The van der Waals surface area contributed by atoms with Gasteiger partial charge in [0.15, 0.2) is 0 Å². The van der Waals surface area contributed by atoms with E-state index in [1.54, 1.807) is 0 Å². The molecule has 8 aromatic carbocycles. The molecule has 2 aliphatic carbocycles. The molecule has 0 radical (unpaired) electrons. The van der Waals surface area contributed by atoms with Crippen LogP contribution in [0.3, 0.4) is 0 Å². The van der Waals surface area contributed by atoms with Crippen molar-refractivity contribution in [2.75, 3.05) is 4.90 Å². The van der Waals surface area contributed by atoms with Crippen molar-refractivity contribution in [1.29, 1.82) is 0 Å². The fourth-order valence-electron chi connectivity index (χ4n) is 9.70. The highest BCUT2D eigenvalue weighted by molar-refractivity contribution is 6.14. The zero-order chi connectivity index (χ0) is 36.7. The third-order valence-corrected chi connectivity index (χ3v) is 12.3. The molecule has 1 heterocycles. The Hall–Kier alpha value is -6.64. The molecule has 262 valence electrons. The van der Waals surface area contributed by atoms with Gasteiger partial charge in [0.25, 0.3) is 0 Å². The Balaban J connectivity index is 1.17. The smallest absolute Gasteiger partial charge is 0.143 e. The zero-order valence-corrected chi connectivity index (χ0v) is 30.9. The van der Waals surface area contributed by atoms with E-state index in [2.05, 4.69) is 207 Å². The molecule has 9 aromatic rings. The van der Waals surface area contributed by atoms with Crippen molar-refractivity contribution < 1.29 is 4.42 Å². The first-order valence-corrected chi connectivity index (χ1v) is 19.3. The van der Waals surface area contributed by atoms with Gasteiger partial charge in [-0.25, -0.2) is 0 Å². The van der Waals surface area contributed by atoms with Crippen LogP contribution in [0.4, 0.5) is 17.1 Å². The van der Waals surface area contributed by atoms with Gasteiger partial charge in [0.2, 0.25) is 0 Å². The number of hydrogen-bond acceptors (Lipinski definition) is 2. The Morgan fingerprint density at radius 1 is 0.509 bits per heavy atom. The monoisotopic (exact) mass is 705 g/mol. The Morgan fingerprint density at radius 2 is 1.16 bits per heavy atom. The summed E-state index contributed by atoms with van der Waals surface area (Å²) < 4.78 is 6.85. The van der Waals surface area contributed by atoms with E-state index in [4.69, 9.17) is 4.42 Å².